The van der Waals surface area contributed by atoms with Gasteiger partial charge in [-0.3, -0.25) is 9.10 Å². The first-order valence-corrected chi connectivity index (χ1v) is 12.9. The molecule has 1 aliphatic heterocycles. The summed E-state index contributed by atoms with van der Waals surface area (Å²) in [5, 5.41) is 4.38. The van der Waals surface area contributed by atoms with Gasteiger partial charge in [0.2, 0.25) is 0 Å². The van der Waals surface area contributed by atoms with E-state index in [9.17, 15) is 13.2 Å². The second kappa shape index (κ2) is 11.3. The van der Waals surface area contributed by atoms with Crippen molar-refractivity contribution >= 4 is 39.4 Å². The number of rotatable bonds is 9. The number of carbonyl (C=O) groups excluding carboxylic acids is 1. The largest absolute Gasteiger partial charge is 0.494 e. The van der Waals surface area contributed by atoms with Gasteiger partial charge in [-0.15, -0.1) is 0 Å². The lowest BCUT2D eigenvalue weighted by Crippen LogP contribution is -2.39. The smallest absolute Gasteiger partial charge is 0.264 e. The van der Waals surface area contributed by atoms with Crippen LogP contribution < -0.4 is 23.9 Å². The molecule has 0 fully saturated rings. The van der Waals surface area contributed by atoms with E-state index in [1.807, 2.05) is 6.92 Å². The fraction of sp³-hybridized carbons (Fsp3) is 0.200. The highest BCUT2D eigenvalue weighted by molar-refractivity contribution is 7.92. The minimum Gasteiger partial charge on any atom is -0.494 e. The van der Waals surface area contributed by atoms with Crippen molar-refractivity contribution in [1.29, 1.82) is 0 Å². The van der Waals surface area contributed by atoms with Gasteiger partial charge in [0.1, 0.15) is 25.5 Å². The molecule has 9 nitrogen and oxygen atoms in total. The number of amides is 1. The lowest BCUT2D eigenvalue weighted by atomic mass is 10.2. The number of nitrogens with zero attached hydrogens (tertiary/aromatic N) is 2. The number of hydrogen-bond acceptors (Lipinski definition) is 7. The number of benzene rings is 3. The highest BCUT2D eigenvalue weighted by Gasteiger charge is 2.27. The molecule has 0 bridgehead atoms. The van der Waals surface area contributed by atoms with Gasteiger partial charge < -0.3 is 14.2 Å². The molecule has 1 amide bonds. The van der Waals surface area contributed by atoms with Gasteiger partial charge in [0, 0.05) is 10.6 Å². The summed E-state index contributed by atoms with van der Waals surface area (Å²) < 4.78 is 44.5. The van der Waals surface area contributed by atoms with Crippen molar-refractivity contribution in [1.82, 2.24) is 5.43 Å². The SMILES string of the molecule is CCOc1ccc(N(CC(=O)N/N=C\c2cccc3c2OCCO3)S(=O)(=O)c2ccc(Cl)cc2)cc1. The molecule has 0 saturated carbocycles. The molecule has 0 radical (unpaired) electrons. The molecular formula is C25H24ClN3O6S. The average molecular weight is 530 g/mol. The lowest BCUT2D eigenvalue weighted by molar-refractivity contribution is -0.119. The van der Waals surface area contributed by atoms with E-state index in [0.29, 0.717) is 47.7 Å². The monoisotopic (exact) mass is 529 g/mol. The molecular weight excluding hydrogens is 506 g/mol. The van der Waals surface area contributed by atoms with Gasteiger partial charge in [0.25, 0.3) is 15.9 Å². The summed E-state index contributed by atoms with van der Waals surface area (Å²) in [4.78, 5) is 12.8. The molecule has 4 rings (SSSR count). The Morgan fingerprint density at radius 1 is 1.08 bits per heavy atom. The first kappa shape index (κ1) is 25.3. The van der Waals surface area contributed by atoms with Gasteiger partial charge in [-0.25, -0.2) is 13.8 Å². The maximum absolute atomic E-state index is 13.4. The van der Waals surface area contributed by atoms with Crippen molar-refractivity contribution in [2.24, 2.45) is 5.10 Å². The lowest BCUT2D eigenvalue weighted by Gasteiger charge is -2.24. The summed E-state index contributed by atoms with van der Waals surface area (Å²) in [6, 6.07) is 17.5. The van der Waals surface area contributed by atoms with E-state index in [2.05, 4.69) is 10.5 Å². The van der Waals surface area contributed by atoms with Crippen LogP contribution in [0, 0.1) is 0 Å². The maximum Gasteiger partial charge on any atom is 0.264 e. The van der Waals surface area contributed by atoms with E-state index >= 15 is 0 Å². The van der Waals surface area contributed by atoms with Crippen LogP contribution in [-0.4, -0.2) is 46.9 Å². The molecule has 1 aliphatic rings. The molecule has 11 heteroatoms. The van der Waals surface area contributed by atoms with E-state index in [0.717, 1.165) is 4.31 Å². The Bertz CT molecular complexity index is 1350. The van der Waals surface area contributed by atoms with Crippen molar-refractivity contribution in [2.45, 2.75) is 11.8 Å². The van der Waals surface area contributed by atoms with Crippen LogP contribution >= 0.6 is 11.6 Å². The maximum atomic E-state index is 13.4. The summed E-state index contributed by atoms with van der Waals surface area (Å²) >= 11 is 5.92. The quantitative estimate of drug-likeness (QED) is 0.333. The summed E-state index contributed by atoms with van der Waals surface area (Å²) in [7, 11) is -4.10. The van der Waals surface area contributed by atoms with Gasteiger partial charge in [-0.2, -0.15) is 5.10 Å². The van der Waals surface area contributed by atoms with Crippen LogP contribution in [0.15, 0.2) is 76.7 Å². The van der Waals surface area contributed by atoms with Crippen molar-refractivity contribution in [2.75, 3.05) is 30.7 Å². The van der Waals surface area contributed by atoms with Crippen LogP contribution in [0.5, 0.6) is 17.2 Å². The predicted octanol–water partition coefficient (Wildman–Crippen LogP) is 3.86. The first-order chi connectivity index (χ1) is 17.4. The van der Waals surface area contributed by atoms with Crippen molar-refractivity contribution in [3.05, 3.63) is 77.3 Å². The minimum absolute atomic E-state index is 0.00912. The van der Waals surface area contributed by atoms with E-state index in [1.165, 1.54) is 30.5 Å². The number of hydrazone groups is 1. The molecule has 1 N–H and O–H groups in total. The number of fused-ring (bicyclic) bond motifs is 1. The molecule has 3 aromatic carbocycles. The van der Waals surface area contributed by atoms with Crippen LogP contribution in [-0.2, 0) is 14.8 Å². The first-order valence-electron chi connectivity index (χ1n) is 11.1. The average Bonchev–Trinajstić information content (AvgIpc) is 2.88. The number of halogens is 1. The Labute approximate surface area is 214 Å². The van der Waals surface area contributed by atoms with Crippen LogP contribution in [0.3, 0.4) is 0 Å². The number of sulfonamides is 1. The molecule has 3 aromatic rings. The molecule has 36 heavy (non-hydrogen) atoms. The number of ether oxygens (including phenoxy) is 3. The molecule has 188 valence electrons. The number of carbonyl (C=O) groups is 1. The summed E-state index contributed by atoms with van der Waals surface area (Å²) in [5.74, 6) is 1.06. The number of nitrogens with one attached hydrogen (secondary N) is 1. The third kappa shape index (κ3) is 5.89. The highest BCUT2D eigenvalue weighted by atomic mass is 35.5. The Kier molecular flexibility index (Phi) is 7.97. The molecule has 0 unspecified atom stereocenters. The Morgan fingerprint density at radius 2 is 1.81 bits per heavy atom. The fourth-order valence-corrected chi connectivity index (χ4v) is 5.01. The number of hydrogen-bond donors (Lipinski definition) is 1. The van der Waals surface area contributed by atoms with Gasteiger partial charge in [0.15, 0.2) is 11.5 Å². The molecule has 0 spiro atoms. The number of anilines is 1. The molecule has 0 aromatic heterocycles. The standard InChI is InChI=1S/C25H24ClN3O6S/c1-2-33-21-10-8-20(9-11-21)29(36(31,32)22-12-6-19(26)7-13-22)17-24(30)28-27-16-18-4-3-5-23-25(18)35-15-14-34-23/h3-13,16H,2,14-15,17H2,1H3,(H,28,30)/b27-16-. The Morgan fingerprint density at radius 3 is 2.53 bits per heavy atom. The summed E-state index contributed by atoms with van der Waals surface area (Å²) in [5.41, 5.74) is 3.29. The minimum atomic E-state index is -4.10. The number of para-hydroxylation sites is 1. The van der Waals surface area contributed by atoms with Crippen molar-refractivity contribution < 1.29 is 27.4 Å². The third-order valence-electron chi connectivity index (χ3n) is 5.11. The van der Waals surface area contributed by atoms with Gasteiger partial charge in [0.05, 0.1) is 23.4 Å². The normalized spacial score (nSPS) is 12.8. The zero-order valence-electron chi connectivity index (χ0n) is 19.4. The summed E-state index contributed by atoms with van der Waals surface area (Å²) in [6.07, 6.45) is 1.42. The van der Waals surface area contributed by atoms with E-state index < -0.39 is 22.5 Å². The molecule has 1 heterocycles. The van der Waals surface area contributed by atoms with E-state index in [-0.39, 0.29) is 10.6 Å². The molecule has 0 aliphatic carbocycles. The predicted molar refractivity (Wildman–Crippen MR) is 137 cm³/mol. The van der Waals surface area contributed by atoms with Gasteiger partial charge in [-0.1, -0.05) is 17.7 Å². The van der Waals surface area contributed by atoms with E-state index in [4.69, 9.17) is 25.8 Å². The zero-order valence-corrected chi connectivity index (χ0v) is 21.0. The second-order valence-corrected chi connectivity index (χ2v) is 9.86. The van der Waals surface area contributed by atoms with E-state index in [1.54, 1.807) is 42.5 Å². The van der Waals surface area contributed by atoms with Crippen LogP contribution in [0.4, 0.5) is 5.69 Å². The fourth-order valence-electron chi connectivity index (χ4n) is 3.46. The zero-order chi connectivity index (χ0) is 25.5. The highest BCUT2D eigenvalue weighted by Crippen LogP contribution is 2.32. The van der Waals surface area contributed by atoms with Gasteiger partial charge >= 0.3 is 0 Å². The topological polar surface area (TPSA) is 107 Å². The molecule has 0 saturated heterocycles. The third-order valence-corrected chi connectivity index (χ3v) is 7.15. The van der Waals surface area contributed by atoms with Gasteiger partial charge in [-0.05, 0) is 67.6 Å². The molecule has 0 atom stereocenters. The second-order valence-electron chi connectivity index (χ2n) is 7.56. The Hall–Kier alpha value is -3.76. The Balaban J connectivity index is 1.55. The summed E-state index contributed by atoms with van der Waals surface area (Å²) in [6.45, 7) is 2.66. The van der Waals surface area contributed by atoms with Crippen LogP contribution in [0.25, 0.3) is 0 Å². The van der Waals surface area contributed by atoms with Crippen LogP contribution in [0.2, 0.25) is 5.02 Å². The van der Waals surface area contributed by atoms with Crippen molar-refractivity contribution in [3.63, 3.8) is 0 Å². The van der Waals surface area contributed by atoms with Crippen LogP contribution in [0.1, 0.15) is 12.5 Å². The van der Waals surface area contributed by atoms with Crippen molar-refractivity contribution in [3.8, 4) is 17.2 Å².